The van der Waals surface area contributed by atoms with Gasteiger partial charge in [0.15, 0.2) is 0 Å². The standard InChI is InChI=1S/C9H7N3O3/c13-12(14)7-1-3-8(4-2-7)15-9-10-5-6-11-9/h1-6H,(H,10,11). The Balaban J connectivity index is 2.14. The number of imidazole rings is 1. The summed E-state index contributed by atoms with van der Waals surface area (Å²) in [5.74, 6) is 0.496. The molecule has 0 saturated heterocycles. The molecule has 0 saturated carbocycles. The van der Waals surface area contributed by atoms with E-state index in [1.807, 2.05) is 0 Å². The fraction of sp³-hybridized carbons (Fsp3) is 0. The summed E-state index contributed by atoms with van der Waals surface area (Å²) in [6.07, 6.45) is 3.18. The van der Waals surface area contributed by atoms with Gasteiger partial charge in [-0.1, -0.05) is 0 Å². The number of hydrogen-bond acceptors (Lipinski definition) is 4. The summed E-state index contributed by atoms with van der Waals surface area (Å²) in [4.78, 5) is 16.5. The summed E-state index contributed by atoms with van der Waals surface area (Å²) < 4.78 is 5.26. The highest BCUT2D eigenvalue weighted by Crippen LogP contribution is 2.20. The lowest BCUT2D eigenvalue weighted by Crippen LogP contribution is -1.89. The minimum Gasteiger partial charge on any atom is -0.426 e. The highest BCUT2D eigenvalue weighted by molar-refractivity contribution is 5.36. The zero-order valence-electron chi connectivity index (χ0n) is 7.58. The normalized spacial score (nSPS) is 9.87. The number of nitro benzene ring substituents is 1. The average molecular weight is 205 g/mol. The summed E-state index contributed by atoms with van der Waals surface area (Å²) >= 11 is 0. The molecule has 0 aliphatic carbocycles. The van der Waals surface area contributed by atoms with Crippen LogP contribution in [0.3, 0.4) is 0 Å². The first-order valence-corrected chi connectivity index (χ1v) is 4.17. The monoisotopic (exact) mass is 205 g/mol. The lowest BCUT2D eigenvalue weighted by Gasteiger charge is -2.00. The number of H-pyrrole nitrogens is 1. The molecule has 1 aromatic heterocycles. The van der Waals surface area contributed by atoms with Crippen LogP contribution in [0.4, 0.5) is 5.69 Å². The topological polar surface area (TPSA) is 81.1 Å². The summed E-state index contributed by atoms with van der Waals surface area (Å²) in [6, 6.07) is 6.13. The van der Waals surface area contributed by atoms with E-state index in [0.29, 0.717) is 11.8 Å². The maximum absolute atomic E-state index is 10.4. The van der Waals surface area contributed by atoms with E-state index in [2.05, 4.69) is 9.97 Å². The molecular weight excluding hydrogens is 198 g/mol. The van der Waals surface area contributed by atoms with Crippen molar-refractivity contribution in [3.63, 3.8) is 0 Å². The number of aromatic amines is 1. The maximum Gasteiger partial charge on any atom is 0.299 e. The Labute approximate surface area is 84.7 Å². The van der Waals surface area contributed by atoms with Crippen LogP contribution in [0, 0.1) is 10.1 Å². The van der Waals surface area contributed by atoms with E-state index >= 15 is 0 Å². The SMILES string of the molecule is O=[N+]([O-])c1ccc(Oc2ncc[nH]2)cc1. The van der Waals surface area contributed by atoms with Gasteiger partial charge < -0.3 is 9.72 Å². The molecule has 0 atom stereocenters. The van der Waals surface area contributed by atoms with E-state index in [9.17, 15) is 10.1 Å². The van der Waals surface area contributed by atoms with E-state index in [-0.39, 0.29) is 5.69 Å². The number of ether oxygens (including phenoxy) is 1. The molecule has 0 radical (unpaired) electrons. The van der Waals surface area contributed by atoms with E-state index in [1.54, 1.807) is 12.4 Å². The number of rotatable bonds is 3. The number of nitrogens with one attached hydrogen (secondary N) is 1. The van der Waals surface area contributed by atoms with Gasteiger partial charge in [0.2, 0.25) is 0 Å². The molecule has 6 heteroatoms. The van der Waals surface area contributed by atoms with E-state index in [1.165, 1.54) is 24.3 Å². The molecule has 0 unspecified atom stereocenters. The van der Waals surface area contributed by atoms with E-state index in [0.717, 1.165) is 0 Å². The number of nitrogens with zero attached hydrogens (tertiary/aromatic N) is 2. The fourth-order valence-electron chi connectivity index (χ4n) is 1.05. The Bertz CT molecular complexity index is 450. The first-order chi connectivity index (χ1) is 7.25. The van der Waals surface area contributed by atoms with Crippen LogP contribution in [-0.4, -0.2) is 14.9 Å². The second-order valence-electron chi connectivity index (χ2n) is 2.75. The molecule has 2 rings (SSSR count). The van der Waals surface area contributed by atoms with Gasteiger partial charge in [-0.05, 0) is 12.1 Å². The van der Waals surface area contributed by atoms with Crippen LogP contribution in [0.25, 0.3) is 0 Å². The van der Waals surface area contributed by atoms with Crippen LogP contribution in [0.15, 0.2) is 36.7 Å². The largest absolute Gasteiger partial charge is 0.426 e. The van der Waals surface area contributed by atoms with Crippen molar-refractivity contribution in [2.24, 2.45) is 0 Å². The van der Waals surface area contributed by atoms with Crippen molar-refractivity contribution in [1.29, 1.82) is 0 Å². The van der Waals surface area contributed by atoms with Crippen molar-refractivity contribution in [2.45, 2.75) is 0 Å². The van der Waals surface area contributed by atoms with Gasteiger partial charge in [0, 0.05) is 24.5 Å². The molecule has 6 nitrogen and oxygen atoms in total. The molecule has 15 heavy (non-hydrogen) atoms. The molecule has 0 amide bonds. The second-order valence-corrected chi connectivity index (χ2v) is 2.75. The van der Waals surface area contributed by atoms with E-state index < -0.39 is 4.92 Å². The highest BCUT2D eigenvalue weighted by Gasteiger charge is 2.05. The first kappa shape index (κ1) is 9.20. The van der Waals surface area contributed by atoms with Gasteiger partial charge in [-0.2, -0.15) is 0 Å². The van der Waals surface area contributed by atoms with Crippen LogP contribution in [0.1, 0.15) is 0 Å². The Morgan fingerprint density at radius 2 is 2.07 bits per heavy atom. The second kappa shape index (κ2) is 3.79. The first-order valence-electron chi connectivity index (χ1n) is 4.17. The van der Waals surface area contributed by atoms with Gasteiger partial charge in [-0.25, -0.2) is 4.98 Å². The quantitative estimate of drug-likeness (QED) is 0.614. The Morgan fingerprint density at radius 1 is 1.33 bits per heavy atom. The highest BCUT2D eigenvalue weighted by atomic mass is 16.6. The molecule has 0 bridgehead atoms. The molecule has 76 valence electrons. The Hall–Kier alpha value is -2.37. The van der Waals surface area contributed by atoms with Crippen molar-refractivity contribution in [3.8, 4) is 11.8 Å². The molecule has 0 fully saturated rings. The minimum atomic E-state index is -0.462. The third-order valence-corrected chi connectivity index (χ3v) is 1.74. The van der Waals surface area contributed by atoms with Gasteiger partial charge in [-0.3, -0.25) is 10.1 Å². The van der Waals surface area contributed by atoms with E-state index in [4.69, 9.17) is 4.74 Å². The van der Waals surface area contributed by atoms with Gasteiger partial charge in [0.05, 0.1) is 4.92 Å². The molecule has 1 heterocycles. The summed E-state index contributed by atoms with van der Waals surface area (Å²) in [7, 11) is 0. The van der Waals surface area contributed by atoms with Gasteiger partial charge in [0.25, 0.3) is 11.7 Å². The van der Waals surface area contributed by atoms with Crippen LogP contribution >= 0.6 is 0 Å². The number of aromatic nitrogens is 2. The van der Waals surface area contributed by atoms with Crippen molar-refractivity contribution >= 4 is 5.69 Å². The Morgan fingerprint density at radius 3 is 2.60 bits per heavy atom. The van der Waals surface area contributed by atoms with Crippen molar-refractivity contribution in [2.75, 3.05) is 0 Å². The molecule has 0 aliphatic heterocycles. The predicted molar refractivity (Wildman–Crippen MR) is 51.8 cm³/mol. The lowest BCUT2D eigenvalue weighted by atomic mass is 10.3. The zero-order chi connectivity index (χ0) is 10.7. The molecule has 0 aliphatic rings. The molecule has 1 aromatic carbocycles. The zero-order valence-corrected chi connectivity index (χ0v) is 7.58. The van der Waals surface area contributed by atoms with Crippen molar-refractivity contribution < 1.29 is 9.66 Å². The number of benzene rings is 1. The average Bonchev–Trinajstić information content (AvgIpc) is 2.71. The summed E-state index contributed by atoms with van der Waals surface area (Å²) in [5, 5.41) is 10.4. The van der Waals surface area contributed by atoms with Crippen LogP contribution in [0.2, 0.25) is 0 Å². The lowest BCUT2D eigenvalue weighted by molar-refractivity contribution is -0.384. The molecule has 0 spiro atoms. The van der Waals surface area contributed by atoms with Crippen LogP contribution < -0.4 is 4.74 Å². The van der Waals surface area contributed by atoms with Gasteiger partial charge in [0.1, 0.15) is 5.75 Å². The smallest absolute Gasteiger partial charge is 0.299 e. The predicted octanol–water partition coefficient (Wildman–Crippen LogP) is 2.11. The summed E-state index contributed by atoms with van der Waals surface area (Å²) in [6.45, 7) is 0. The van der Waals surface area contributed by atoms with Gasteiger partial charge >= 0.3 is 0 Å². The van der Waals surface area contributed by atoms with Crippen molar-refractivity contribution in [1.82, 2.24) is 9.97 Å². The van der Waals surface area contributed by atoms with Crippen molar-refractivity contribution in [3.05, 3.63) is 46.8 Å². The third kappa shape index (κ3) is 2.11. The Kier molecular flexibility index (Phi) is 2.32. The summed E-state index contributed by atoms with van der Waals surface area (Å²) in [5.41, 5.74) is 0.0294. The molecule has 2 aromatic rings. The van der Waals surface area contributed by atoms with Crippen LogP contribution in [-0.2, 0) is 0 Å². The fourth-order valence-corrected chi connectivity index (χ4v) is 1.05. The molecular formula is C9H7N3O3. The molecule has 1 N–H and O–H groups in total. The number of nitro groups is 1. The van der Waals surface area contributed by atoms with Crippen LogP contribution in [0.5, 0.6) is 11.8 Å². The third-order valence-electron chi connectivity index (χ3n) is 1.74. The number of hydrogen-bond donors (Lipinski definition) is 1. The minimum absolute atomic E-state index is 0.0294. The number of non-ortho nitro benzene ring substituents is 1. The van der Waals surface area contributed by atoms with Gasteiger partial charge in [-0.15, -0.1) is 0 Å². The maximum atomic E-state index is 10.4.